The fourth-order valence-electron chi connectivity index (χ4n) is 2.66. The van der Waals surface area contributed by atoms with Gasteiger partial charge in [-0.2, -0.15) is 0 Å². The van der Waals surface area contributed by atoms with Crippen molar-refractivity contribution in [1.82, 2.24) is 5.32 Å². The highest BCUT2D eigenvalue weighted by molar-refractivity contribution is 5.75. The number of carbonyl (C=O) groups is 1. The predicted molar refractivity (Wildman–Crippen MR) is 69.7 cm³/mol. The molecule has 0 saturated heterocycles. The molecule has 0 aromatic carbocycles. The van der Waals surface area contributed by atoms with E-state index in [2.05, 4.69) is 12.2 Å². The maximum absolute atomic E-state index is 11.6. The van der Waals surface area contributed by atoms with Gasteiger partial charge < -0.3 is 10.4 Å². The minimum absolute atomic E-state index is 0.181. The van der Waals surface area contributed by atoms with E-state index in [-0.39, 0.29) is 12.5 Å². The Balaban J connectivity index is 2.17. The maximum Gasteiger partial charge on any atom is 0.220 e. The molecule has 1 amide bonds. The van der Waals surface area contributed by atoms with E-state index >= 15 is 0 Å². The van der Waals surface area contributed by atoms with Crippen LogP contribution in [-0.2, 0) is 4.79 Å². The van der Waals surface area contributed by atoms with Crippen LogP contribution in [0.4, 0.5) is 0 Å². The second-order valence-corrected chi connectivity index (χ2v) is 5.25. The summed E-state index contributed by atoms with van der Waals surface area (Å²) in [5.41, 5.74) is 0. The Kier molecular flexibility index (Phi) is 7.25. The van der Waals surface area contributed by atoms with E-state index in [0.717, 1.165) is 38.6 Å². The summed E-state index contributed by atoms with van der Waals surface area (Å²) in [6.45, 7) is 3.18. The molecule has 100 valence electrons. The minimum Gasteiger partial charge on any atom is -0.396 e. The van der Waals surface area contributed by atoms with Crippen LogP contribution in [0, 0.1) is 11.8 Å². The fraction of sp³-hybridized carbons (Fsp3) is 0.929. The topological polar surface area (TPSA) is 49.3 Å². The minimum atomic E-state index is 0.181. The first-order valence-electron chi connectivity index (χ1n) is 7.15. The Morgan fingerprint density at radius 2 is 1.94 bits per heavy atom. The number of aliphatic hydroxyl groups excluding tert-OH is 1. The van der Waals surface area contributed by atoms with Crippen LogP contribution in [0.5, 0.6) is 0 Å². The molecular weight excluding hydrogens is 214 g/mol. The number of hydrogen-bond acceptors (Lipinski definition) is 2. The molecule has 0 heterocycles. The zero-order valence-electron chi connectivity index (χ0n) is 11.1. The van der Waals surface area contributed by atoms with Gasteiger partial charge in [-0.15, -0.1) is 0 Å². The molecule has 0 aliphatic heterocycles. The average Bonchev–Trinajstić information content (AvgIpc) is 2.37. The summed E-state index contributed by atoms with van der Waals surface area (Å²) in [5, 5.41) is 12.3. The van der Waals surface area contributed by atoms with Crippen LogP contribution < -0.4 is 5.32 Å². The molecule has 1 rings (SSSR count). The molecule has 0 aromatic heterocycles. The second kappa shape index (κ2) is 8.51. The van der Waals surface area contributed by atoms with Gasteiger partial charge in [-0.25, -0.2) is 0 Å². The number of rotatable bonds is 7. The number of amides is 1. The summed E-state index contributed by atoms with van der Waals surface area (Å²) in [7, 11) is 0. The lowest BCUT2D eigenvalue weighted by Crippen LogP contribution is -2.35. The van der Waals surface area contributed by atoms with Gasteiger partial charge >= 0.3 is 0 Å². The van der Waals surface area contributed by atoms with E-state index in [1.807, 2.05) is 0 Å². The number of carbonyl (C=O) groups excluding carboxylic acids is 1. The van der Waals surface area contributed by atoms with Crippen molar-refractivity contribution in [2.75, 3.05) is 13.2 Å². The number of hydrogen-bond donors (Lipinski definition) is 2. The van der Waals surface area contributed by atoms with Gasteiger partial charge in [0.15, 0.2) is 0 Å². The molecule has 3 nitrogen and oxygen atoms in total. The van der Waals surface area contributed by atoms with Crippen LogP contribution in [0.2, 0.25) is 0 Å². The largest absolute Gasteiger partial charge is 0.396 e. The van der Waals surface area contributed by atoms with Crippen LogP contribution >= 0.6 is 0 Å². The molecule has 3 heteroatoms. The zero-order chi connectivity index (χ0) is 12.5. The molecule has 17 heavy (non-hydrogen) atoms. The number of nitrogens with one attached hydrogen (secondary N) is 1. The van der Waals surface area contributed by atoms with Crippen molar-refractivity contribution in [2.45, 2.75) is 58.3 Å². The Bertz CT molecular complexity index is 218. The molecule has 2 N–H and O–H groups in total. The molecule has 0 aromatic rings. The van der Waals surface area contributed by atoms with Gasteiger partial charge in [-0.05, 0) is 31.1 Å². The maximum atomic E-state index is 11.6. The van der Waals surface area contributed by atoms with Crippen LogP contribution in [-0.4, -0.2) is 24.2 Å². The average molecular weight is 241 g/mol. The third-order valence-electron chi connectivity index (χ3n) is 3.87. The van der Waals surface area contributed by atoms with Crippen LogP contribution in [0.1, 0.15) is 58.3 Å². The van der Waals surface area contributed by atoms with Gasteiger partial charge in [-0.3, -0.25) is 4.79 Å². The summed E-state index contributed by atoms with van der Waals surface area (Å²) in [5.74, 6) is 1.07. The van der Waals surface area contributed by atoms with Gasteiger partial charge in [0.2, 0.25) is 5.91 Å². The number of aliphatic hydroxyl groups is 1. The highest BCUT2D eigenvalue weighted by Gasteiger charge is 2.24. The Labute approximate surface area is 105 Å². The summed E-state index contributed by atoms with van der Waals surface area (Å²) >= 11 is 0. The lowest BCUT2D eigenvalue weighted by molar-refractivity contribution is -0.121. The smallest absolute Gasteiger partial charge is 0.220 e. The summed E-state index contributed by atoms with van der Waals surface area (Å²) in [6.07, 6.45) is 8.69. The van der Waals surface area contributed by atoms with E-state index < -0.39 is 0 Å². The van der Waals surface area contributed by atoms with Gasteiger partial charge in [0.05, 0.1) is 0 Å². The standard InChI is InChI=1S/C14H27NO2/c1-2-3-4-9-14(17)15-10-12-7-5-6-8-13(12)11-16/h12-13,16H,2-11H2,1H3,(H,15,17). The molecule has 1 fully saturated rings. The lowest BCUT2D eigenvalue weighted by atomic mass is 9.79. The van der Waals surface area contributed by atoms with E-state index in [0.29, 0.717) is 18.3 Å². The van der Waals surface area contributed by atoms with E-state index in [4.69, 9.17) is 0 Å². The zero-order valence-corrected chi connectivity index (χ0v) is 11.1. The van der Waals surface area contributed by atoms with Crippen molar-refractivity contribution in [3.63, 3.8) is 0 Å². The van der Waals surface area contributed by atoms with Crippen LogP contribution in [0.3, 0.4) is 0 Å². The highest BCUT2D eigenvalue weighted by Crippen LogP contribution is 2.29. The monoisotopic (exact) mass is 241 g/mol. The number of unbranched alkanes of at least 4 members (excludes halogenated alkanes) is 2. The van der Waals surface area contributed by atoms with Crippen molar-refractivity contribution < 1.29 is 9.90 Å². The van der Waals surface area contributed by atoms with Crippen LogP contribution in [0.25, 0.3) is 0 Å². The summed E-state index contributed by atoms with van der Waals surface area (Å²) < 4.78 is 0. The van der Waals surface area contributed by atoms with E-state index in [1.54, 1.807) is 0 Å². The van der Waals surface area contributed by atoms with Crippen LogP contribution in [0.15, 0.2) is 0 Å². The first-order chi connectivity index (χ1) is 8.27. The van der Waals surface area contributed by atoms with E-state index in [1.165, 1.54) is 12.8 Å². The Morgan fingerprint density at radius 1 is 1.24 bits per heavy atom. The molecule has 1 saturated carbocycles. The van der Waals surface area contributed by atoms with Crippen molar-refractivity contribution in [2.24, 2.45) is 11.8 Å². The second-order valence-electron chi connectivity index (χ2n) is 5.25. The van der Waals surface area contributed by atoms with Gasteiger partial charge in [0.25, 0.3) is 0 Å². The van der Waals surface area contributed by atoms with Crippen molar-refractivity contribution in [3.05, 3.63) is 0 Å². The molecular formula is C14H27NO2. The summed E-state index contributed by atoms with van der Waals surface area (Å²) in [4.78, 5) is 11.6. The molecule has 2 atom stereocenters. The first-order valence-corrected chi connectivity index (χ1v) is 7.15. The van der Waals surface area contributed by atoms with E-state index in [9.17, 15) is 9.90 Å². The quantitative estimate of drug-likeness (QED) is 0.673. The van der Waals surface area contributed by atoms with Crippen molar-refractivity contribution in [1.29, 1.82) is 0 Å². The van der Waals surface area contributed by atoms with Crippen molar-refractivity contribution >= 4 is 5.91 Å². The Morgan fingerprint density at radius 3 is 2.59 bits per heavy atom. The molecule has 1 aliphatic rings. The van der Waals surface area contributed by atoms with Gasteiger partial charge in [0.1, 0.15) is 0 Å². The first kappa shape index (κ1) is 14.5. The lowest BCUT2D eigenvalue weighted by Gasteiger charge is -2.30. The molecule has 2 unspecified atom stereocenters. The molecule has 0 spiro atoms. The fourth-order valence-corrected chi connectivity index (χ4v) is 2.66. The molecule has 0 bridgehead atoms. The van der Waals surface area contributed by atoms with Gasteiger partial charge in [-0.1, -0.05) is 32.6 Å². The predicted octanol–water partition coefficient (Wildman–Crippen LogP) is 2.48. The summed E-state index contributed by atoms with van der Waals surface area (Å²) in [6, 6.07) is 0. The Hall–Kier alpha value is -0.570. The normalized spacial score (nSPS) is 24.6. The highest BCUT2D eigenvalue weighted by atomic mass is 16.3. The van der Waals surface area contributed by atoms with Crippen molar-refractivity contribution in [3.8, 4) is 0 Å². The molecule has 1 aliphatic carbocycles. The van der Waals surface area contributed by atoms with Gasteiger partial charge in [0, 0.05) is 19.6 Å². The molecule has 0 radical (unpaired) electrons. The third kappa shape index (κ3) is 5.53. The SMILES string of the molecule is CCCCCC(=O)NCC1CCCCC1CO. The third-order valence-corrected chi connectivity index (χ3v) is 3.87.